The molecule has 0 saturated heterocycles. The molecule has 0 saturated carbocycles. The first-order chi connectivity index (χ1) is 11.6. The third-order valence-corrected chi connectivity index (χ3v) is 4.57. The summed E-state index contributed by atoms with van der Waals surface area (Å²) in [6, 6.07) is 15.4. The van der Waals surface area contributed by atoms with Crippen LogP contribution in [0.15, 0.2) is 59.4 Å². The second kappa shape index (κ2) is 6.72. The van der Waals surface area contributed by atoms with Gasteiger partial charge in [0.1, 0.15) is 17.2 Å². The summed E-state index contributed by atoms with van der Waals surface area (Å²) in [6.45, 7) is 0. The highest BCUT2D eigenvalue weighted by molar-refractivity contribution is 7.09. The van der Waals surface area contributed by atoms with Gasteiger partial charge in [0.05, 0.1) is 19.1 Å². The van der Waals surface area contributed by atoms with Crippen molar-refractivity contribution in [2.45, 2.75) is 0 Å². The van der Waals surface area contributed by atoms with Crippen molar-refractivity contribution in [3.8, 4) is 17.2 Å². The van der Waals surface area contributed by atoms with Gasteiger partial charge in [-0.25, -0.2) is 3.96 Å². The van der Waals surface area contributed by atoms with Gasteiger partial charge in [-0.2, -0.15) is 0 Å². The molecule has 1 heterocycles. The summed E-state index contributed by atoms with van der Waals surface area (Å²) in [5.74, 6) is 0.943. The second-order valence-electron chi connectivity index (χ2n) is 4.97. The lowest BCUT2D eigenvalue weighted by Crippen LogP contribution is -2.10. The van der Waals surface area contributed by atoms with Gasteiger partial charge in [0.25, 0.3) is 5.56 Å². The fourth-order valence-corrected chi connectivity index (χ4v) is 3.24. The smallest absolute Gasteiger partial charge is 0.266 e. The van der Waals surface area contributed by atoms with Crippen LogP contribution in [-0.4, -0.2) is 24.0 Å². The molecule has 0 atom stereocenters. The highest BCUT2D eigenvalue weighted by Gasteiger charge is 2.17. The van der Waals surface area contributed by atoms with Crippen LogP contribution in [0.5, 0.6) is 11.5 Å². The number of ketones is 1. The monoisotopic (exact) mass is 341 g/mol. The van der Waals surface area contributed by atoms with Gasteiger partial charge in [-0.1, -0.05) is 30.3 Å². The first kappa shape index (κ1) is 16.0. The van der Waals surface area contributed by atoms with Crippen LogP contribution in [0.1, 0.15) is 15.2 Å². The van der Waals surface area contributed by atoms with E-state index in [2.05, 4.69) is 0 Å². The summed E-state index contributed by atoms with van der Waals surface area (Å²) < 4.78 is 11.9. The predicted molar refractivity (Wildman–Crippen MR) is 92.9 cm³/mol. The van der Waals surface area contributed by atoms with Crippen LogP contribution in [0.4, 0.5) is 0 Å². The lowest BCUT2D eigenvalue weighted by Gasteiger charge is -2.09. The van der Waals surface area contributed by atoms with Crippen molar-refractivity contribution in [3.63, 3.8) is 0 Å². The van der Waals surface area contributed by atoms with E-state index in [9.17, 15) is 9.59 Å². The largest absolute Gasteiger partial charge is 0.497 e. The van der Waals surface area contributed by atoms with Crippen LogP contribution in [-0.2, 0) is 0 Å². The topological polar surface area (TPSA) is 57.5 Å². The fourth-order valence-electron chi connectivity index (χ4n) is 2.30. The molecule has 0 N–H and O–H groups in total. The molecule has 5 nitrogen and oxygen atoms in total. The van der Waals surface area contributed by atoms with Crippen LogP contribution < -0.4 is 15.0 Å². The van der Waals surface area contributed by atoms with E-state index in [4.69, 9.17) is 9.47 Å². The van der Waals surface area contributed by atoms with Crippen molar-refractivity contribution in [2.24, 2.45) is 0 Å². The van der Waals surface area contributed by atoms with Gasteiger partial charge in [-0.05, 0) is 23.7 Å². The van der Waals surface area contributed by atoms with Gasteiger partial charge >= 0.3 is 0 Å². The second-order valence-corrected chi connectivity index (χ2v) is 5.95. The molecular weight excluding hydrogens is 326 g/mol. The zero-order valence-electron chi connectivity index (χ0n) is 13.2. The average molecular weight is 341 g/mol. The first-order valence-electron chi connectivity index (χ1n) is 7.19. The number of benzene rings is 2. The molecule has 0 bridgehead atoms. The third-order valence-electron chi connectivity index (χ3n) is 3.51. The minimum absolute atomic E-state index is 0.182. The number of carbonyl (C=O) groups excluding carboxylic acids is 1. The molecule has 0 unspecified atom stereocenters. The fraction of sp³-hybridized carbons (Fsp3) is 0.111. The minimum atomic E-state index is -0.286. The van der Waals surface area contributed by atoms with E-state index in [-0.39, 0.29) is 11.3 Å². The summed E-state index contributed by atoms with van der Waals surface area (Å²) in [5.41, 5.74) is 0.799. The Bertz CT molecular complexity index is 928. The van der Waals surface area contributed by atoms with Gasteiger partial charge in [0.15, 0.2) is 0 Å². The number of ether oxygens (including phenoxy) is 2. The van der Waals surface area contributed by atoms with Crippen LogP contribution in [0.2, 0.25) is 0 Å². The SMILES string of the molecule is COc1ccc(OC)c(-n2sc(C(=O)c3ccccc3)cc2=O)c1. The quantitative estimate of drug-likeness (QED) is 0.669. The summed E-state index contributed by atoms with van der Waals surface area (Å²) in [7, 11) is 3.08. The Kier molecular flexibility index (Phi) is 4.48. The van der Waals surface area contributed by atoms with Crippen molar-refractivity contribution in [2.75, 3.05) is 14.2 Å². The molecule has 2 aromatic carbocycles. The van der Waals surface area contributed by atoms with Gasteiger partial charge in [0.2, 0.25) is 5.78 Å². The Labute approximate surface area is 142 Å². The lowest BCUT2D eigenvalue weighted by molar-refractivity contribution is 0.104. The summed E-state index contributed by atoms with van der Waals surface area (Å²) in [4.78, 5) is 25.3. The van der Waals surface area contributed by atoms with Crippen molar-refractivity contribution < 1.29 is 14.3 Å². The molecule has 3 rings (SSSR count). The standard InChI is InChI=1S/C18H15NO4S/c1-22-13-8-9-15(23-2)14(10-13)19-17(20)11-16(24-19)18(21)12-6-4-3-5-7-12/h3-11H,1-2H3. The maximum atomic E-state index is 12.5. The molecule has 3 aromatic rings. The molecule has 122 valence electrons. The van der Waals surface area contributed by atoms with Crippen LogP contribution in [0.25, 0.3) is 5.69 Å². The Morgan fingerprint density at radius 2 is 1.75 bits per heavy atom. The van der Waals surface area contributed by atoms with E-state index in [0.717, 1.165) is 11.5 Å². The van der Waals surface area contributed by atoms with Gasteiger partial charge in [-0.3, -0.25) is 9.59 Å². The molecule has 0 fully saturated rings. The Morgan fingerprint density at radius 3 is 2.42 bits per heavy atom. The molecular formula is C18H15NO4S. The number of aromatic nitrogens is 1. The van der Waals surface area contributed by atoms with Crippen LogP contribution in [0.3, 0.4) is 0 Å². The number of carbonyl (C=O) groups is 1. The minimum Gasteiger partial charge on any atom is -0.497 e. The number of rotatable bonds is 5. The average Bonchev–Trinajstić information content (AvgIpc) is 3.02. The summed E-state index contributed by atoms with van der Waals surface area (Å²) in [5, 5.41) is 0. The molecule has 6 heteroatoms. The molecule has 0 aliphatic carbocycles. The highest BCUT2D eigenvalue weighted by Crippen LogP contribution is 2.29. The number of methoxy groups -OCH3 is 2. The first-order valence-corrected chi connectivity index (χ1v) is 7.97. The van der Waals surface area contributed by atoms with Crippen molar-refractivity contribution in [1.29, 1.82) is 0 Å². The van der Waals surface area contributed by atoms with E-state index in [0.29, 0.717) is 27.6 Å². The van der Waals surface area contributed by atoms with Crippen LogP contribution >= 0.6 is 11.5 Å². The van der Waals surface area contributed by atoms with E-state index < -0.39 is 0 Å². The third kappa shape index (κ3) is 2.96. The Hall–Kier alpha value is -2.86. The normalized spacial score (nSPS) is 10.4. The van der Waals surface area contributed by atoms with E-state index in [1.165, 1.54) is 17.1 Å². The molecule has 0 aliphatic heterocycles. The molecule has 0 radical (unpaired) electrons. The van der Waals surface area contributed by atoms with E-state index in [1.807, 2.05) is 6.07 Å². The lowest BCUT2D eigenvalue weighted by atomic mass is 10.1. The van der Waals surface area contributed by atoms with Gasteiger partial charge < -0.3 is 9.47 Å². The van der Waals surface area contributed by atoms with Crippen molar-refractivity contribution in [1.82, 2.24) is 3.96 Å². The zero-order valence-corrected chi connectivity index (χ0v) is 14.0. The highest BCUT2D eigenvalue weighted by atomic mass is 32.1. The van der Waals surface area contributed by atoms with E-state index in [1.54, 1.807) is 49.6 Å². The number of hydrogen-bond donors (Lipinski definition) is 0. The Balaban J connectivity index is 2.07. The molecule has 0 amide bonds. The van der Waals surface area contributed by atoms with Crippen molar-refractivity contribution >= 4 is 17.3 Å². The predicted octanol–water partition coefficient (Wildman–Crippen LogP) is 3.15. The van der Waals surface area contributed by atoms with Crippen LogP contribution in [0, 0.1) is 0 Å². The van der Waals surface area contributed by atoms with Crippen molar-refractivity contribution in [3.05, 3.63) is 75.4 Å². The maximum absolute atomic E-state index is 12.5. The summed E-state index contributed by atoms with van der Waals surface area (Å²) in [6.07, 6.45) is 0. The Morgan fingerprint density at radius 1 is 1.00 bits per heavy atom. The maximum Gasteiger partial charge on any atom is 0.266 e. The molecule has 1 aromatic heterocycles. The van der Waals surface area contributed by atoms with Gasteiger partial charge in [0, 0.05) is 17.7 Å². The molecule has 0 aliphatic rings. The van der Waals surface area contributed by atoms with Gasteiger partial charge in [-0.15, -0.1) is 0 Å². The van der Waals surface area contributed by atoms with E-state index >= 15 is 0 Å². The molecule has 24 heavy (non-hydrogen) atoms. The summed E-state index contributed by atoms with van der Waals surface area (Å²) >= 11 is 1.08. The zero-order chi connectivity index (χ0) is 17.1. The molecule has 0 spiro atoms. The number of nitrogens with zero attached hydrogens (tertiary/aromatic N) is 1. The number of hydrogen-bond acceptors (Lipinski definition) is 5.